The van der Waals surface area contributed by atoms with Crippen molar-refractivity contribution >= 4 is 23.2 Å². The molecule has 1 aliphatic rings. The molecule has 0 aromatic heterocycles. The van der Waals surface area contributed by atoms with Gasteiger partial charge in [-0.25, -0.2) is 0 Å². The van der Waals surface area contributed by atoms with Crippen LogP contribution in [-0.2, 0) is 9.53 Å². The number of hydrogen-bond acceptors (Lipinski definition) is 3. The van der Waals surface area contributed by atoms with Gasteiger partial charge in [0.25, 0.3) is 0 Å². The summed E-state index contributed by atoms with van der Waals surface area (Å²) < 4.78 is 10.5. The number of carbonyl (C=O) groups is 1. The molecule has 98 valence electrons. The van der Waals surface area contributed by atoms with E-state index in [0.29, 0.717) is 22.9 Å². The summed E-state index contributed by atoms with van der Waals surface area (Å²) in [5.74, 6) is 0.539. The first-order chi connectivity index (χ1) is 8.69. The van der Waals surface area contributed by atoms with Gasteiger partial charge < -0.3 is 14.8 Å². The summed E-state index contributed by atoms with van der Waals surface area (Å²) in [6, 6.07) is 5.16. The summed E-state index contributed by atoms with van der Waals surface area (Å²) in [5.41, 5.74) is 0.670. The van der Waals surface area contributed by atoms with Crippen molar-refractivity contribution in [1.29, 1.82) is 0 Å². The Morgan fingerprint density at radius 2 is 2.44 bits per heavy atom. The summed E-state index contributed by atoms with van der Waals surface area (Å²) in [6.45, 7) is 0.756. The molecule has 1 N–H and O–H groups in total. The third-order valence-electron chi connectivity index (χ3n) is 2.87. The van der Waals surface area contributed by atoms with E-state index in [4.69, 9.17) is 21.1 Å². The average molecular weight is 270 g/mol. The highest BCUT2D eigenvalue weighted by Crippen LogP contribution is 2.27. The third-order valence-corrected chi connectivity index (χ3v) is 3.17. The minimum atomic E-state index is -0.0527. The molecule has 0 saturated carbocycles. The van der Waals surface area contributed by atoms with Gasteiger partial charge in [0, 0.05) is 12.3 Å². The zero-order valence-electron chi connectivity index (χ0n) is 10.2. The zero-order chi connectivity index (χ0) is 13.0. The third kappa shape index (κ3) is 3.37. The second-order valence-corrected chi connectivity index (χ2v) is 4.64. The van der Waals surface area contributed by atoms with Crippen molar-refractivity contribution in [2.24, 2.45) is 0 Å². The second-order valence-electron chi connectivity index (χ2n) is 4.24. The van der Waals surface area contributed by atoms with Gasteiger partial charge in [-0.1, -0.05) is 11.6 Å². The van der Waals surface area contributed by atoms with E-state index in [0.717, 1.165) is 19.4 Å². The summed E-state index contributed by atoms with van der Waals surface area (Å²) in [6.07, 6.45) is 2.44. The van der Waals surface area contributed by atoms with Gasteiger partial charge in [0.15, 0.2) is 0 Å². The van der Waals surface area contributed by atoms with E-state index in [1.807, 2.05) is 0 Å². The molecule has 4 nitrogen and oxygen atoms in total. The van der Waals surface area contributed by atoms with Crippen molar-refractivity contribution in [3.8, 4) is 5.75 Å². The highest BCUT2D eigenvalue weighted by Gasteiger charge is 2.19. The van der Waals surface area contributed by atoms with Crippen LogP contribution in [0.1, 0.15) is 19.3 Å². The smallest absolute Gasteiger partial charge is 0.226 e. The number of methoxy groups -OCH3 is 1. The molecule has 1 aromatic rings. The summed E-state index contributed by atoms with van der Waals surface area (Å²) in [7, 11) is 1.55. The van der Waals surface area contributed by atoms with Crippen molar-refractivity contribution in [1.82, 2.24) is 0 Å². The Hall–Kier alpha value is -1.26. The van der Waals surface area contributed by atoms with Gasteiger partial charge in [-0.3, -0.25) is 4.79 Å². The molecule has 1 saturated heterocycles. The topological polar surface area (TPSA) is 47.6 Å². The molecule has 1 aromatic carbocycles. The van der Waals surface area contributed by atoms with Crippen LogP contribution in [0.15, 0.2) is 18.2 Å². The lowest BCUT2D eigenvalue weighted by molar-refractivity contribution is -0.118. The molecule has 0 radical (unpaired) electrons. The van der Waals surface area contributed by atoms with Gasteiger partial charge in [0.2, 0.25) is 5.91 Å². The van der Waals surface area contributed by atoms with Gasteiger partial charge in [-0.15, -0.1) is 0 Å². The fourth-order valence-corrected chi connectivity index (χ4v) is 2.23. The Balaban J connectivity index is 1.92. The predicted octanol–water partition coefficient (Wildman–Crippen LogP) is 2.86. The van der Waals surface area contributed by atoms with Crippen molar-refractivity contribution in [3.63, 3.8) is 0 Å². The van der Waals surface area contributed by atoms with Crippen molar-refractivity contribution in [2.75, 3.05) is 19.0 Å². The minimum Gasteiger partial charge on any atom is -0.495 e. The van der Waals surface area contributed by atoms with Crippen LogP contribution in [0.2, 0.25) is 5.02 Å². The Kier molecular flexibility index (Phi) is 4.44. The lowest BCUT2D eigenvalue weighted by atomic mass is 10.2. The molecular weight excluding hydrogens is 254 g/mol. The SMILES string of the molecule is COc1ccc(NC(=O)CC2CCCO2)cc1Cl. The van der Waals surface area contributed by atoms with E-state index >= 15 is 0 Å². The molecule has 18 heavy (non-hydrogen) atoms. The molecule has 0 aliphatic carbocycles. The minimum absolute atomic E-state index is 0.0527. The number of benzene rings is 1. The maximum absolute atomic E-state index is 11.8. The first kappa shape index (κ1) is 13.2. The standard InChI is InChI=1S/C13H16ClNO3/c1-17-12-5-4-9(7-11(12)14)15-13(16)8-10-3-2-6-18-10/h4-5,7,10H,2-3,6,8H2,1H3,(H,15,16). The van der Waals surface area contributed by atoms with E-state index in [-0.39, 0.29) is 12.0 Å². The van der Waals surface area contributed by atoms with Crippen molar-refractivity contribution in [2.45, 2.75) is 25.4 Å². The Bertz CT molecular complexity index is 430. The zero-order valence-corrected chi connectivity index (χ0v) is 11.0. The molecule has 1 aliphatic heterocycles. The number of halogens is 1. The van der Waals surface area contributed by atoms with Crippen molar-refractivity contribution < 1.29 is 14.3 Å². The second kappa shape index (κ2) is 6.07. The Morgan fingerprint density at radius 1 is 1.61 bits per heavy atom. The number of carbonyl (C=O) groups excluding carboxylic acids is 1. The number of amides is 1. The van der Waals surface area contributed by atoms with E-state index in [1.165, 1.54) is 0 Å². The van der Waals surface area contributed by atoms with Gasteiger partial charge >= 0.3 is 0 Å². The maximum atomic E-state index is 11.8. The fourth-order valence-electron chi connectivity index (χ4n) is 1.97. The van der Waals surface area contributed by atoms with Crippen LogP contribution in [0.25, 0.3) is 0 Å². The van der Waals surface area contributed by atoms with Crippen LogP contribution < -0.4 is 10.1 Å². The molecule has 0 spiro atoms. The molecule has 1 atom stereocenters. The maximum Gasteiger partial charge on any atom is 0.226 e. The van der Waals surface area contributed by atoms with Crippen LogP contribution in [0.3, 0.4) is 0 Å². The van der Waals surface area contributed by atoms with E-state index in [9.17, 15) is 4.79 Å². The molecule has 1 unspecified atom stereocenters. The van der Waals surface area contributed by atoms with Crippen LogP contribution >= 0.6 is 11.6 Å². The van der Waals surface area contributed by atoms with Crippen LogP contribution in [0, 0.1) is 0 Å². The fraction of sp³-hybridized carbons (Fsp3) is 0.462. The van der Waals surface area contributed by atoms with E-state index in [1.54, 1.807) is 25.3 Å². The van der Waals surface area contributed by atoms with Gasteiger partial charge in [0.1, 0.15) is 5.75 Å². The number of hydrogen-bond donors (Lipinski definition) is 1. The predicted molar refractivity (Wildman–Crippen MR) is 70.2 cm³/mol. The van der Waals surface area contributed by atoms with E-state index < -0.39 is 0 Å². The molecule has 1 amide bonds. The van der Waals surface area contributed by atoms with Gasteiger partial charge in [-0.2, -0.15) is 0 Å². The molecule has 1 heterocycles. The normalized spacial score (nSPS) is 18.7. The quantitative estimate of drug-likeness (QED) is 0.914. The number of ether oxygens (including phenoxy) is 2. The van der Waals surface area contributed by atoms with Gasteiger partial charge in [0.05, 0.1) is 24.7 Å². The molecule has 2 rings (SSSR count). The van der Waals surface area contributed by atoms with Crippen LogP contribution in [-0.4, -0.2) is 25.7 Å². The first-order valence-corrected chi connectivity index (χ1v) is 6.32. The highest BCUT2D eigenvalue weighted by molar-refractivity contribution is 6.32. The lowest BCUT2D eigenvalue weighted by Gasteiger charge is -2.11. The Labute approximate surface area is 111 Å². The lowest BCUT2D eigenvalue weighted by Crippen LogP contribution is -2.19. The number of rotatable bonds is 4. The van der Waals surface area contributed by atoms with Crippen LogP contribution in [0.5, 0.6) is 5.75 Å². The number of anilines is 1. The summed E-state index contributed by atoms with van der Waals surface area (Å²) in [5, 5.41) is 3.28. The average Bonchev–Trinajstić information content (AvgIpc) is 2.82. The summed E-state index contributed by atoms with van der Waals surface area (Å²) in [4.78, 5) is 11.8. The van der Waals surface area contributed by atoms with Crippen molar-refractivity contribution in [3.05, 3.63) is 23.2 Å². The molecule has 1 fully saturated rings. The monoisotopic (exact) mass is 269 g/mol. The molecular formula is C13H16ClNO3. The van der Waals surface area contributed by atoms with Crippen LogP contribution in [0.4, 0.5) is 5.69 Å². The Morgan fingerprint density at radius 3 is 3.06 bits per heavy atom. The summed E-state index contributed by atoms with van der Waals surface area (Å²) >= 11 is 5.98. The highest BCUT2D eigenvalue weighted by atomic mass is 35.5. The molecule has 5 heteroatoms. The largest absolute Gasteiger partial charge is 0.495 e. The first-order valence-electron chi connectivity index (χ1n) is 5.94. The van der Waals surface area contributed by atoms with E-state index in [2.05, 4.69) is 5.32 Å². The number of nitrogens with one attached hydrogen (secondary N) is 1. The van der Waals surface area contributed by atoms with Gasteiger partial charge in [-0.05, 0) is 31.0 Å². The molecule has 0 bridgehead atoms.